The number of hydrogen-bond acceptors (Lipinski definition) is 4. The number of amides is 1. The molecule has 148 valence electrons. The van der Waals surface area contributed by atoms with Crippen LogP contribution in [-0.4, -0.2) is 42.0 Å². The zero-order valence-electron chi connectivity index (χ0n) is 16.2. The van der Waals surface area contributed by atoms with Gasteiger partial charge in [0.2, 0.25) is 5.91 Å². The second-order valence-corrected chi connectivity index (χ2v) is 8.16. The van der Waals surface area contributed by atoms with Gasteiger partial charge in [0.15, 0.2) is 0 Å². The minimum Gasteiger partial charge on any atom is -0.326 e. The van der Waals surface area contributed by atoms with Gasteiger partial charge in [0.25, 0.3) is 0 Å². The van der Waals surface area contributed by atoms with E-state index in [1.807, 2.05) is 48.5 Å². The van der Waals surface area contributed by atoms with Crippen LogP contribution in [0.3, 0.4) is 0 Å². The molecule has 29 heavy (non-hydrogen) atoms. The highest BCUT2D eigenvalue weighted by Gasteiger charge is 2.28. The molecule has 1 amide bonds. The highest BCUT2D eigenvalue weighted by atomic mass is 35.5. The molecule has 0 bridgehead atoms. The van der Waals surface area contributed by atoms with Gasteiger partial charge in [-0.05, 0) is 56.6 Å². The van der Waals surface area contributed by atoms with Gasteiger partial charge < -0.3 is 10.2 Å². The van der Waals surface area contributed by atoms with Crippen molar-refractivity contribution < 1.29 is 4.79 Å². The van der Waals surface area contributed by atoms with E-state index in [0.717, 1.165) is 59.7 Å². The lowest BCUT2D eigenvalue weighted by molar-refractivity contribution is -0.117. The Morgan fingerprint density at radius 2 is 1.90 bits per heavy atom. The number of fused-ring (bicyclic) bond motifs is 2. The lowest BCUT2D eigenvalue weighted by atomic mass is 10.1. The number of para-hydroxylation sites is 1. The molecule has 6 heteroatoms. The van der Waals surface area contributed by atoms with E-state index in [1.54, 1.807) is 0 Å². The summed E-state index contributed by atoms with van der Waals surface area (Å²) in [5.41, 5.74) is 3.91. The van der Waals surface area contributed by atoms with E-state index in [1.165, 1.54) is 12.8 Å². The lowest BCUT2D eigenvalue weighted by Crippen LogP contribution is -2.31. The quantitative estimate of drug-likeness (QED) is 0.687. The van der Waals surface area contributed by atoms with Crippen LogP contribution in [0.15, 0.2) is 48.5 Å². The van der Waals surface area contributed by atoms with Crippen LogP contribution in [0, 0.1) is 0 Å². The van der Waals surface area contributed by atoms with E-state index in [9.17, 15) is 4.79 Å². The molecule has 2 aromatic carbocycles. The standard InChI is InChI=1S/C23H23ClN4O/c24-16-6-5-7-17(14-16)28-13-10-19-22(26-21(29)15-27-11-3-4-12-27)18-8-1-2-9-20(18)25-23(19)28/h1-2,5-9,14H,3-4,10-13,15H2,(H,25,26,29). The molecule has 2 aliphatic rings. The summed E-state index contributed by atoms with van der Waals surface area (Å²) in [6.45, 7) is 3.27. The van der Waals surface area contributed by atoms with Crippen molar-refractivity contribution in [2.75, 3.05) is 36.4 Å². The van der Waals surface area contributed by atoms with Gasteiger partial charge in [-0.15, -0.1) is 0 Å². The number of hydrogen-bond donors (Lipinski definition) is 1. The Morgan fingerprint density at radius 1 is 1.07 bits per heavy atom. The third-order valence-electron chi connectivity index (χ3n) is 5.76. The van der Waals surface area contributed by atoms with Crippen molar-refractivity contribution in [2.45, 2.75) is 19.3 Å². The van der Waals surface area contributed by atoms with Crippen molar-refractivity contribution in [2.24, 2.45) is 0 Å². The topological polar surface area (TPSA) is 48.5 Å². The molecule has 1 N–H and O–H groups in total. The third-order valence-corrected chi connectivity index (χ3v) is 6.00. The number of benzene rings is 2. The molecular weight excluding hydrogens is 384 g/mol. The van der Waals surface area contributed by atoms with Crippen molar-refractivity contribution in [3.05, 3.63) is 59.1 Å². The van der Waals surface area contributed by atoms with Crippen molar-refractivity contribution in [3.8, 4) is 0 Å². The first kappa shape index (κ1) is 18.4. The largest absolute Gasteiger partial charge is 0.326 e. The van der Waals surface area contributed by atoms with Gasteiger partial charge in [0.05, 0.1) is 17.7 Å². The number of carbonyl (C=O) groups excluding carboxylic acids is 1. The molecule has 0 atom stereocenters. The Kier molecular flexibility index (Phi) is 4.86. The molecule has 1 fully saturated rings. The van der Waals surface area contributed by atoms with Gasteiger partial charge in [-0.3, -0.25) is 9.69 Å². The number of aromatic nitrogens is 1. The summed E-state index contributed by atoms with van der Waals surface area (Å²) in [5, 5.41) is 4.92. The fraction of sp³-hybridized carbons (Fsp3) is 0.304. The van der Waals surface area contributed by atoms with E-state index in [0.29, 0.717) is 11.6 Å². The SMILES string of the molecule is O=C(CN1CCCC1)Nc1c2c(nc3ccccc13)N(c1cccc(Cl)c1)CC2. The number of carbonyl (C=O) groups is 1. The van der Waals surface area contributed by atoms with Crippen molar-refractivity contribution in [1.82, 2.24) is 9.88 Å². The fourth-order valence-electron chi connectivity index (χ4n) is 4.39. The van der Waals surface area contributed by atoms with Crippen LogP contribution in [0.25, 0.3) is 10.9 Å². The molecule has 0 saturated carbocycles. The average Bonchev–Trinajstić information content (AvgIpc) is 3.37. The maximum absolute atomic E-state index is 12.8. The smallest absolute Gasteiger partial charge is 0.238 e. The molecular formula is C23H23ClN4O. The lowest BCUT2D eigenvalue weighted by Gasteiger charge is -2.21. The number of anilines is 3. The average molecular weight is 407 g/mol. The second-order valence-electron chi connectivity index (χ2n) is 7.72. The number of rotatable bonds is 4. The molecule has 0 aliphatic carbocycles. The van der Waals surface area contributed by atoms with Gasteiger partial charge in [-0.1, -0.05) is 35.9 Å². The highest BCUT2D eigenvalue weighted by molar-refractivity contribution is 6.30. The molecule has 1 aromatic heterocycles. The normalized spacial score (nSPS) is 16.4. The van der Waals surface area contributed by atoms with Crippen molar-refractivity contribution in [1.29, 1.82) is 0 Å². The summed E-state index contributed by atoms with van der Waals surface area (Å²) < 4.78 is 0. The van der Waals surface area contributed by atoms with Crippen LogP contribution in [-0.2, 0) is 11.2 Å². The summed E-state index contributed by atoms with van der Waals surface area (Å²) in [7, 11) is 0. The van der Waals surface area contributed by atoms with Crippen LogP contribution >= 0.6 is 11.6 Å². The zero-order valence-corrected chi connectivity index (χ0v) is 17.0. The van der Waals surface area contributed by atoms with Gasteiger partial charge in [0.1, 0.15) is 5.82 Å². The van der Waals surface area contributed by atoms with E-state index in [4.69, 9.17) is 16.6 Å². The predicted molar refractivity (Wildman–Crippen MR) is 118 cm³/mol. The van der Waals surface area contributed by atoms with E-state index >= 15 is 0 Å². The minimum atomic E-state index is 0.0478. The Balaban J connectivity index is 1.54. The molecule has 0 spiro atoms. The van der Waals surface area contributed by atoms with Crippen molar-refractivity contribution >= 4 is 45.6 Å². The summed E-state index contributed by atoms with van der Waals surface area (Å²) in [6, 6.07) is 15.8. The zero-order chi connectivity index (χ0) is 19.8. The maximum Gasteiger partial charge on any atom is 0.238 e. The minimum absolute atomic E-state index is 0.0478. The number of likely N-dealkylation sites (tertiary alicyclic amines) is 1. The maximum atomic E-state index is 12.8. The number of nitrogens with one attached hydrogen (secondary N) is 1. The van der Waals surface area contributed by atoms with Crippen molar-refractivity contribution in [3.63, 3.8) is 0 Å². The van der Waals surface area contributed by atoms with E-state index < -0.39 is 0 Å². The van der Waals surface area contributed by atoms with Crippen LogP contribution in [0.2, 0.25) is 5.02 Å². The Bertz CT molecular complexity index is 1080. The summed E-state index contributed by atoms with van der Waals surface area (Å²) in [4.78, 5) is 22.1. The Labute approximate surface area is 175 Å². The van der Waals surface area contributed by atoms with Gasteiger partial charge in [-0.25, -0.2) is 4.98 Å². The van der Waals surface area contributed by atoms with E-state index in [2.05, 4.69) is 15.1 Å². The monoisotopic (exact) mass is 406 g/mol. The molecule has 5 rings (SSSR count). The van der Waals surface area contributed by atoms with Gasteiger partial charge >= 0.3 is 0 Å². The first-order valence-corrected chi connectivity index (χ1v) is 10.5. The fourth-order valence-corrected chi connectivity index (χ4v) is 4.57. The van der Waals surface area contributed by atoms with Crippen LogP contribution in [0.5, 0.6) is 0 Å². The number of pyridine rings is 1. The second kappa shape index (κ2) is 7.65. The molecule has 3 aromatic rings. The van der Waals surface area contributed by atoms with Gasteiger partial charge in [-0.2, -0.15) is 0 Å². The van der Waals surface area contributed by atoms with Crippen LogP contribution in [0.4, 0.5) is 17.2 Å². The highest BCUT2D eigenvalue weighted by Crippen LogP contribution is 2.41. The number of halogens is 1. The molecule has 1 saturated heterocycles. The number of nitrogens with zero attached hydrogens (tertiary/aromatic N) is 3. The molecule has 0 unspecified atom stereocenters. The molecule has 2 aliphatic heterocycles. The van der Waals surface area contributed by atoms with Crippen LogP contribution in [0.1, 0.15) is 18.4 Å². The Morgan fingerprint density at radius 3 is 2.72 bits per heavy atom. The molecule has 0 radical (unpaired) electrons. The van der Waals surface area contributed by atoms with Crippen LogP contribution < -0.4 is 10.2 Å². The third kappa shape index (κ3) is 3.56. The summed E-state index contributed by atoms with van der Waals surface area (Å²) in [6.07, 6.45) is 3.18. The first-order valence-electron chi connectivity index (χ1n) is 10.2. The molecule has 3 heterocycles. The first-order chi connectivity index (χ1) is 14.2. The van der Waals surface area contributed by atoms with E-state index in [-0.39, 0.29) is 5.91 Å². The van der Waals surface area contributed by atoms with Gasteiger partial charge in [0, 0.05) is 28.2 Å². The summed E-state index contributed by atoms with van der Waals surface area (Å²) >= 11 is 6.22. The molecule has 5 nitrogen and oxygen atoms in total. The summed E-state index contributed by atoms with van der Waals surface area (Å²) in [5.74, 6) is 0.953. The Hall–Kier alpha value is -2.63. The predicted octanol–water partition coefficient (Wildman–Crippen LogP) is 4.62.